The lowest BCUT2D eigenvalue weighted by Crippen LogP contribution is -2.48. The Morgan fingerprint density at radius 2 is 1.79 bits per heavy atom. The van der Waals surface area contributed by atoms with Crippen LogP contribution in [0.3, 0.4) is 0 Å². The van der Waals surface area contributed by atoms with Crippen LogP contribution in [0.15, 0.2) is 60.7 Å². The molecule has 0 radical (unpaired) electrons. The number of ether oxygens (including phenoxy) is 2. The van der Waals surface area contributed by atoms with Gasteiger partial charge in [0.05, 0.1) is 5.02 Å². The van der Waals surface area contributed by atoms with E-state index >= 15 is 0 Å². The van der Waals surface area contributed by atoms with Crippen LogP contribution >= 0.6 is 11.6 Å². The van der Waals surface area contributed by atoms with Crippen molar-refractivity contribution in [3.05, 3.63) is 71.5 Å². The molecule has 0 saturated carbocycles. The van der Waals surface area contributed by atoms with Gasteiger partial charge in [-0.15, -0.1) is 0 Å². The SMILES string of the molecule is CC(Oc1ccc2ccccc2c1)C(=O)NNC(=O)COc1ccc(F)cc1Cl. The van der Waals surface area contributed by atoms with Crippen LogP contribution in [0, 0.1) is 5.82 Å². The fraction of sp³-hybridized carbons (Fsp3) is 0.143. The summed E-state index contributed by atoms with van der Waals surface area (Å²) in [5.41, 5.74) is 4.48. The molecular formula is C21H18ClFN2O4. The molecule has 8 heteroatoms. The number of benzene rings is 3. The molecule has 150 valence electrons. The Hall–Kier alpha value is -3.32. The van der Waals surface area contributed by atoms with E-state index in [9.17, 15) is 14.0 Å². The van der Waals surface area contributed by atoms with Crippen molar-refractivity contribution in [3.8, 4) is 11.5 Å². The first-order chi connectivity index (χ1) is 13.9. The molecule has 6 nitrogen and oxygen atoms in total. The van der Waals surface area contributed by atoms with Crippen molar-refractivity contribution in [1.29, 1.82) is 0 Å². The Bertz CT molecular complexity index is 1040. The summed E-state index contributed by atoms with van der Waals surface area (Å²) in [4.78, 5) is 23.9. The van der Waals surface area contributed by atoms with E-state index in [1.165, 1.54) is 6.07 Å². The number of nitrogens with one attached hydrogen (secondary N) is 2. The van der Waals surface area contributed by atoms with Crippen LogP contribution in [-0.4, -0.2) is 24.5 Å². The third-order valence-electron chi connectivity index (χ3n) is 3.98. The summed E-state index contributed by atoms with van der Waals surface area (Å²) in [6.07, 6.45) is -0.844. The first-order valence-electron chi connectivity index (χ1n) is 8.74. The molecule has 0 bridgehead atoms. The second kappa shape index (κ2) is 9.25. The highest BCUT2D eigenvalue weighted by atomic mass is 35.5. The normalized spacial score (nSPS) is 11.6. The van der Waals surface area contributed by atoms with E-state index in [1.807, 2.05) is 36.4 Å². The summed E-state index contributed by atoms with van der Waals surface area (Å²) in [5.74, 6) is -0.975. The highest BCUT2D eigenvalue weighted by Crippen LogP contribution is 2.24. The summed E-state index contributed by atoms with van der Waals surface area (Å²) in [5, 5.41) is 2.09. The van der Waals surface area contributed by atoms with Crippen LogP contribution in [0.5, 0.6) is 11.5 Å². The number of fused-ring (bicyclic) bond motifs is 1. The van der Waals surface area contributed by atoms with Gasteiger partial charge in [0.15, 0.2) is 12.7 Å². The van der Waals surface area contributed by atoms with Gasteiger partial charge in [0.2, 0.25) is 0 Å². The molecule has 0 heterocycles. The minimum atomic E-state index is -0.844. The molecule has 2 N–H and O–H groups in total. The molecular weight excluding hydrogens is 399 g/mol. The van der Waals surface area contributed by atoms with Gasteiger partial charge in [-0.3, -0.25) is 20.4 Å². The van der Waals surface area contributed by atoms with E-state index in [1.54, 1.807) is 13.0 Å². The molecule has 0 saturated heterocycles. The quantitative estimate of drug-likeness (QED) is 0.602. The van der Waals surface area contributed by atoms with Crippen LogP contribution in [-0.2, 0) is 9.59 Å². The van der Waals surface area contributed by atoms with Gasteiger partial charge in [0, 0.05) is 0 Å². The zero-order valence-corrected chi connectivity index (χ0v) is 16.2. The average molecular weight is 417 g/mol. The van der Waals surface area contributed by atoms with Gasteiger partial charge in [0.25, 0.3) is 11.8 Å². The van der Waals surface area contributed by atoms with Gasteiger partial charge < -0.3 is 9.47 Å². The lowest BCUT2D eigenvalue weighted by atomic mass is 10.1. The molecule has 0 fully saturated rings. The van der Waals surface area contributed by atoms with E-state index in [0.29, 0.717) is 5.75 Å². The topological polar surface area (TPSA) is 76.7 Å². The first-order valence-corrected chi connectivity index (χ1v) is 9.12. The van der Waals surface area contributed by atoms with E-state index < -0.39 is 30.3 Å². The standard InChI is InChI=1S/C21H18ClFN2O4/c1-13(29-17-8-6-14-4-2-3-5-15(14)10-17)21(27)25-24-20(26)12-28-19-9-7-16(23)11-18(19)22/h2-11,13H,12H2,1H3,(H,24,26)(H,25,27). The van der Waals surface area contributed by atoms with Gasteiger partial charge in [0.1, 0.15) is 17.3 Å². The van der Waals surface area contributed by atoms with E-state index in [2.05, 4.69) is 10.9 Å². The summed E-state index contributed by atoms with van der Waals surface area (Å²) < 4.78 is 23.8. The first kappa shape index (κ1) is 20.4. The van der Waals surface area contributed by atoms with Crippen molar-refractivity contribution >= 4 is 34.2 Å². The maximum atomic E-state index is 13.0. The van der Waals surface area contributed by atoms with E-state index in [0.717, 1.165) is 22.9 Å². The Kier molecular flexibility index (Phi) is 6.51. The summed E-state index contributed by atoms with van der Waals surface area (Å²) in [6, 6.07) is 16.8. The summed E-state index contributed by atoms with van der Waals surface area (Å²) in [7, 11) is 0. The van der Waals surface area contributed by atoms with Crippen molar-refractivity contribution in [2.24, 2.45) is 0 Å². The lowest BCUT2D eigenvalue weighted by molar-refractivity contribution is -0.133. The molecule has 0 aliphatic rings. The number of rotatable bonds is 6. The minimum absolute atomic E-state index is 0.0410. The smallest absolute Gasteiger partial charge is 0.279 e. The largest absolute Gasteiger partial charge is 0.482 e. The maximum Gasteiger partial charge on any atom is 0.279 e. The van der Waals surface area contributed by atoms with Crippen LogP contribution < -0.4 is 20.3 Å². The van der Waals surface area contributed by atoms with Crippen molar-refractivity contribution in [2.45, 2.75) is 13.0 Å². The molecule has 0 aliphatic heterocycles. The Morgan fingerprint density at radius 1 is 1.03 bits per heavy atom. The molecule has 3 aromatic carbocycles. The third kappa shape index (κ3) is 5.58. The van der Waals surface area contributed by atoms with Crippen LogP contribution in [0.4, 0.5) is 4.39 Å². The molecule has 0 spiro atoms. The monoisotopic (exact) mass is 416 g/mol. The van der Waals surface area contributed by atoms with Gasteiger partial charge in [-0.2, -0.15) is 0 Å². The fourth-order valence-corrected chi connectivity index (χ4v) is 2.72. The van der Waals surface area contributed by atoms with E-state index in [4.69, 9.17) is 21.1 Å². The molecule has 29 heavy (non-hydrogen) atoms. The van der Waals surface area contributed by atoms with Crippen LogP contribution in [0.25, 0.3) is 10.8 Å². The third-order valence-corrected chi connectivity index (χ3v) is 4.28. The lowest BCUT2D eigenvalue weighted by Gasteiger charge is -2.16. The summed E-state index contributed by atoms with van der Waals surface area (Å²) in [6.45, 7) is 1.15. The molecule has 2 amide bonds. The number of amides is 2. The molecule has 3 rings (SSSR count). The highest BCUT2D eigenvalue weighted by molar-refractivity contribution is 6.32. The second-order valence-electron chi connectivity index (χ2n) is 6.17. The molecule has 0 aromatic heterocycles. The van der Waals surface area contributed by atoms with Gasteiger partial charge in [-0.25, -0.2) is 4.39 Å². The van der Waals surface area contributed by atoms with E-state index in [-0.39, 0.29) is 10.8 Å². The number of hydrogen-bond donors (Lipinski definition) is 2. The van der Waals surface area contributed by atoms with Crippen molar-refractivity contribution in [3.63, 3.8) is 0 Å². The zero-order chi connectivity index (χ0) is 20.8. The minimum Gasteiger partial charge on any atom is -0.482 e. The molecule has 3 aromatic rings. The second-order valence-corrected chi connectivity index (χ2v) is 6.58. The van der Waals surface area contributed by atoms with Crippen molar-refractivity contribution in [1.82, 2.24) is 10.9 Å². The van der Waals surface area contributed by atoms with Crippen molar-refractivity contribution in [2.75, 3.05) is 6.61 Å². The Labute approximate surface area is 171 Å². The average Bonchev–Trinajstić information content (AvgIpc) is 2.71. The molecule has 1 atom stereocenters. The number of hydrazine groups is 1. The van der Waals surface area contributed by atoms with Crippen LogP contribution in [0.2, 0.25) is 5.02 Å². The van der Waals surface area contributed by atoms with Gasteiger partial charge in [-0.05, 0) is 48.0 Å². The number of carbonyl (C=O) groups excluding carboxylic acids is 2. The molecule has 1 unspecified atom stereocenters. The number of halogens is 2. The number of hydrogen-bond acceptors (Lipinski definition) is 4. The van der Waals surface area contributed by atoms with Crippen molar-refractivity contribution < 1.29 is 23.5 Å². The highest BCUT2D eigenvalue weighted by Gasteiger charge is 2.16. The summed E-state index contributed by atoms with van der Waals surface area (Å²) >= 11 is 5.81. The molecule has 0 aliphatic carbocycles. The fourth-order valence-electron chi connectivity index (χ4n) is 2.50. The number of carbonyl (C=O) groups is 2. The Balaban J connectivity index is 1.46. The zero-order valence-electron chi connectivity index (χ0n) is 15.4. The van der Waals surface area contributed by atoms with Gasteiger partial charge >= 0.3 is 0 Å². The van der Waals surface area contributed by atoms with Crippen LogP contribution in [0.1, 0.15) is 6.92 Å². The van der Waals surface area contributed by atoms with Gasteiger partial charge in [-0.1, -0.05) is 41.9 Å². The Morgan fingerprint density at radius 3 is 2.55 bits per heavy atom. The predicted molar refractivity (Wildman–Crippen MR) is 107 cm³/mol. The predicted octanol–water partition coefficient (Wildman–Crippen LogP) is 3.63. The maximum absolute atomic E-state index is 13.0.